The molecular weight excluding hydrogens is 185 g/mol. The van der Waals surface area contributed by atoms with Gasteiger partial charge in [-0.2, -0.15) is 0 Å². The number of hydrogen-bond donors (Lipinski definition) is 1. The summed E-state index contributed by atoms with van der Waals surface area (Å²) in [7, 11) is 0. The van der Waals surface area contributed by atoms with E-state index in [9.17, 15) is 14.3 Å². The Hall–Kier alpha value is -0.640. The molecule has 0 aliphatic carbocycles. The van der Waals surface area contributed by atoms with Gasteiger partial charge in [0.1, 0.15) is 12.2 Å². The maximum absolute atomic E-state index is 12.3. The normalized spacial score (nSPS) is 28.1. The van der Waals surface area contributed by atoms with Crippen LogP contribution in [0.5, 0.6) is 0 Å². The van der Waals surface area contributed by atoms with E-state index in [2.05, 4.69) is 0 Å². The van der Waals surface area contributed by atoms with Crippen LogP contribution in [0.2, 0.25) is 0 Å². The van der Waals surface area contributed by atoms with Gasteiger partial charge in [-0.05, 0) is 25.8 Å². The van der Waals surface area contributed by atoms with Crippen molar-refractivity contribution >= 4 is 5.97 Å². The fourth-order valence-electron chi connectivity index (χ4n) is 2.41. The molecule has 0 amide bonds. The number of halogens is 1. The zero-order valence-electron chi connectivity index (χ0n) is 8.63. The largest absolute Gasteiger partial charge is 0.480 e. The summed E-state index contributed by atoms with van der Waals surface area (Å²) in [4.78, 5) is 13.0. The lowest BCUT2D eigenvalue weighted by Crippen LogP contribution is -2.51. The number of alkyl halides is 1. The number of carboxylic acid groups (broad SMARTS) is 1. The van der Waals surface area contributed by atoms with Gasteiger partial charge in [-0.3, -0.25) is 9.69 Å². The van der Waals surface area contributed by atoms with Gasteiger partial charge in [0, 0.05) is 6.54 Å². The van der Waals surface area contributed by atoms with Gasteiger partial charge in [0.05, 0.1) is 0 Å². The molecule has 0 aromatic rings. The fourth-order valence-corrected chi connectivity index (χ4v) is 2.41. The van der Waals surface area contributed by atoms with Crippen LogP contribution in [0.4, 0.5) is 4.39 Å². The van der Waals surface area contributed by atoms with Gasteiger partial charge < -0.3 is 5.11 Å². The fraction of sp³-hybridized carbons (Fsp3) is 0.900. The Balaban J connectivity index is 2.77. The second-order valence-electron chi connectivity index (χ2n) is 3.87. The minimum absolute atomic E-state index is 0.256. The molecule has 0 aromatic heterocycles. The van der Waals surface area contributed by atoms with E-state index < -0.39 is 18.2 Å². The number of aliphatic carboxylic acids is 1. The number of carbonyl (C=O) groups is 1. The molecule has 82 valence electrons. The molecule has 0 bridgehead atoms. The molecule has 1 saturated heterocycles. The number of rotatable bonds is 5. The van der Waals surface area contributed by atoms with Crippen LogP contribution in [-0.2, 0) is 4.79 Å². The molecule has 1 atom stereocenters. The minimum atomic E-state index is -0.787. The van der Waals surface area contributed by atoms with Crippen molar-refractivity contribution in [3.8, 4) is 0 Å². The van der Waals surface area contributed by atoms with Crippen LogP contribution in [0, 0.1) is 0 Å². The third-order valence-electron chi connectivity index (χ3n) is 3.04. The van der Waals surface area contributed by atoms with Crippen LogP contribution >= 0.6 is 0 Å². The van der Waals surface area contributed by atoms with E-state index >= 15 is 0 Å². The first kappa shape index (κ1) is 11.4. The van der Waals surface area contributed by atoms with E-state index in [-0.39, 0.29) is 6.54 Å². The van der Waals surface area contributed by atoms with Crippen molar-refractivity contribution < 1.29 is 14.3 Å². The lowest BCUT2D eigenvalue weighted by Gasteiger charge is -2.33. The quantitative estimate of drug-likeness (QED) is 0.739. The van der Waals surface area contributed by atoms with E-state index in [0.717, 1.165) is 19.4 Å². The lowest BCUT2D eigenvalue weighted by atomic mass is 9.91. The lowest BCUT2D eigenvalue weighted by molar-refractivity contribution is -0.150. The molecule has 1 unspecified atom stereocenters. The molecule has 1 fully saturated rings. The van der Waals surface area contributed by atoms with Gasteiger partial charge in [0.2, 0.25) is 0 Å². The summed E-state index contributed by atoms with van der Waals surface area (Å²) in [5.41, 5.74) is -0.777. The highest BCUT2D eigenvalue weighted by molar-refractivity contribution is 5.79. The highest BCUT2D eigenvalue weighted by Crippen LogP contribution is 2.33. The molecule has 0 saturated carbocycles. The average Bonchev–Trinajstić information content (AvgIpc) is 2.51. The number of hydrogen-bond acceptors (Lipinski definition) is 2. The van der Waals surface area contributed by atoms with E-state index in [1.54, 1.807) is 4.90 Å². The molecule has 3 nitrogen and oxygen atoms in total. The molecule has 1 N–H and O–H groups in total. The number of carboxylic acids is 1. The maximum atomic E-state index is 12.3. The van der Waals surface area contributed by atoms with E-state index in [1.165, 1.54) is 0 Å². The van der Waals surface area contributed by atoms with E-state index in [4.69, 9.17) is 0 Å². The van der Waals surface area contributed by atoms with Crippen LogP contribution in [0.1, 0.15) is 32.6 Å². The smallest absolute Gasteiger partial charge is 0.324 e. The van der Waals surface area contributed by atoms with Crippen LogP contribution in [-0.4, -0.2) is 41.3 Å². The summed E-state index contributed by atoms with van der Waals surface area (Å²) < 4.78 is 12.3. The van der Waals surface area contributed by atoms with Gasteiger partial charge in [0.25, 0.3) is 0 Å². The Morgan fingerprint density at radius 1 is 1.64 bits per heavy atom. The van der Waals surface area contributed by atoms with Gasteiger partial charge in [0.15, 0.2) is 0 Å². The summed E-state index contributed by atoms with van der Waals surface area (Å²) in [6.45, 7) is 2.48. The number of nitrogens with zero attached hydrogens (tertiary/aromatic N) is 1. The van der Waals surface area contributed by atoms with Gasteiger partial charge >= 0.3 is 5.97 Å². The minimum Gasteiger partial charge on any atom is -0.480 e. The predicted octanol–water partition coefficient (Wildman–Crippen LogP) is 1.68. The Morgan fingerprint density at radius 3 is 2.86 bits per heavy atom. The molecule has 0 radical (unpaired) electrons. The van der Waals surface area contributed by atoms with Crippen LogP contribution in [0.3, 0.4) is 0 Å². The SMILES string of the molecule is CCCC1(C(=O)O)CCCN1CCF. The van der Waals surface area contributed by atoms with Crippen molar-refractivity contribution in [1.29, 1.82) is 0 Å². The summed E-state index contributed by atoms with van der Waals surface area (Å²) in [6, 6.07) is 0. The van der Waals surface area contributed by atoms with Crippen molar-refractivity contribution in [3.63, 3.8) is 0 Å². The molecule has 1 aliphatic heterocycles. The first-order chi connectivity index (χ1) is 6.67. The highest BCUT2D eigenvalue weighted by Gasteiger charge is 2.46. The van der Waals surface area contributed by atoms with Crippen LogP contribution in [0.25, 0.3) is 0 Å². The van der Waals surface area contributed by atoms with Crippen molar-refractivity contribution in [1.82, 2.24) is 4.90 Å². The van der Waals surface area contributed by atoms with Gasteiger partial charge in [-0.25, -0.2) is 4.39 Å². The Morgan fingerprint density at radius 2 is 2.36 bits per heavy atom. The van der Waals surface area contributed by atoms with E-state index in [0.29, 0.717) is 12.8 Å². The highest BCUT2D eigenvalue weighted by atomic mass is 19.1. The number of likely N-dealkylation sites (tertiary alicyclic amines) is 1. The Kier molecular flexibility index (Phi) is 3.86. The maximum Gasteiger partial charge on any atom is 0.324 e. The first-order valence-electron chi connectivity index (χ1n) is 5.22. The van der Waals surface area contributed by atoms with Gasteiger partial charge in [-0.15, -0.1) is 0 Å². The van der Waals surface area contributed by atoms with Crippen LogP contribution in [0.15, 0.2) is 0 Å². The third-order valence-corrected chi connectivity index (χ3v) is 3.04. The van der Waals surface area contributed by atoms with Crippen molar-refractivity contribution in [2.45, 2.75) is 38.1 Å². The molecule has 4 heteroatoms. The second kappa shape index (κ2) is 4.73. The Labute approximate surface area is 83.9 Å². The molecule has 0 aromatic carbocycles. The summed E-state index contributed by atoms with van der Waals surface area (Å²) in [5, 5.41) is 9.23. The average molecular weight is 203 g/mol. The monoisotopic (exact) mass is 203 g/mol. The summed E-state index contributed by atoms with van der Waals surface area (Å²) >= 11 is 0. The van der Waals surface area contributed by atoms with E-state index in [1.807, 2.05) is 6.92 Å². The molecular formula is C10H18FNO2. The summed E-state index contributed by atoms with van der Waals surface area (Å²) in [6.07, 6.45) is 2.99. The zero-order valence-corrected chi connectivity index (χ0v) is 8.63. The topological polar surface area (TPSA) is 40.5 Å². The predicted molar refractivity (Wildman–Crippen MR) is 52.1 cm³/mol. The molecule has 0 spiro atoms. The molecule has 1 aliphatic rings. The standard InChI is InChI=1S/C10H18FNO2/c1-2-4-10(9(13)14)5-3-7-12(10)8-6-11/h2-8H2,1H3,(H,13,14). The Bertz CT molecular complexity index is 210. The summed E-state index contributed by atoms with van der Waals surface area (Å²) in [5.74, 6) is -0.787. The van der Waals surface area contributed by atoms with Crippen molar-refractivity contribution in [2.75, 3.05) is 19.8 Å². The molecule has 1 rings (SSSR count). The second-order valence-corrected chi connectivity index (χ2v) is 3.87. The van der Waals surface area contributed by atoms with Crippen molar-refractivity contribution in [3.05, 3.63) is 0 Å². The molecule has 1 heterocycles. The molecule has 14 heavy (non-hydrogen) atoms. The van der Waals surface area contributed by atoms with Crippen LogP contribution < -0.4 is 0 Å². The van der Waals surface area contributed by atoms with Crippen molar-refractivity contribution in [2.24, 2.45) is 0 Å². The van der Waals surface area contributed by atoms with Gasteiger partial charge in [-0.1, -0.05) is 13.3 Å². The first-order valence-corrected chi connectivity index (χ1v) is 5.22. The third kappa shape index (κ3) is 1.90. The zero-order chi connectivity index (χ0) is 10.6.